The van der Waals surface area contributed by atoms with Crippen LogP contribution in [0.25, 0.3) is 33.5 Å². The van der Waals surface area contributed by atoms with Crippen LogP contribution >= 0.6 is 31.1 Å². The molecule has 6 aromatic rings. The number of hydrogen-bond donors (Lipinski definition) is 12. The number of H-pyrrole nitrogens is 2. The molecular formula is C37H53N16O23P4+. The van der Waals surface area contributed by atoms with E-state index in [9.17, 15) is 67.5 Å². The minimum Gasteiger partial charge on any atom is -0.387 e. The topological polar surface area (TPSA) is 539 Å². The highest BCUT2D eigenvalue weighted by Crippen LogP contribution is 2.68. The lowest BCUT2D eigenvalue weighted by molar-refractivity contribution is -0.745. The van der Waals surface area contributed by atoms with Crippen LogP contribution in [0.5, 0.6) is 0 Å². The number of ether oxygens (including phenoxy) is 4. The lowest BCUT2D eigenvalue weighted by Gasteiger charge is -2.28. The van der Waals surface area contributed by atoms with Crippen LogP contribution in [0.15, 0.2) is 34.9 Å². The van der Waals surface area contributed by atoms with Crippen LogP contribution in [-0.2, 0) is 71.2 Å². The van der Waals surface area contributed by atoms with E-state index >= 15 is 0 Å². The smallest absolute Gasteiger partial charge is 0.387 e. The van der Waals surface area contributed by atoms with Gasteiger partial charge in [0.1, 0.15) is 54.1 Å². The van der Waals surface area contributed by atoms with Gasteiger partial charge in [-0.05, 0) is 0 Å². The first-order chi connectivity index (χ1) is 37.5. The Morgan fingerprint density at radius 3 is 2.02 bits per heavy atom. The van der Waals surface area contributed by atoms with Gasteiger partial charge in [0.05, 0.1) is 45.6 Å². The van der Waals surface area contributed by atoms with Gasteiger partial charge >= 0.3 is 36.7 Å². The molecule has 0 saturated carbocycles. The van der Waals surface area contributed by atoms with Gasteiger partial charge in [0.25, 0.3) is 17.1 Å². The van der Waals surface area contributed by atoms with Crippen molar-refractivity contribution in [3.63, 3.8) is 0 Å². The minimum absolute atomic E-state index is 0.00627. The lowest BCUT2D eigenvalue weighted by atomic mass is 9.94. The fraction of sp³-hybridized carbons (Fsp3) is 0.568. The number of amides is 1. The number of carbonyl (C=O) groups excluding carboxylic acids is 1. The van der Waals surface area contributed by atoms with E-state index in [1.54, 1.807) is 0 Å². The SMILES string of the molecule is CNc1ncnc2c1ncn2[C@@H]1O[C@H](COP(=O)(O)OP(=O)(O)OP(=O)(O)OC[C@H]2OC([n+]3cn(C)c4c(=O)[nH]c(N)nc43)[C@H](O)[C@@H]2CC(=O)N(C)C)[C@@H](P(=O)(O)OC[C@H]2O[C@@H](n3cnc4c(=O)[nH]c(N)nc43)[C@H](O)[C@@H]2O)[C@H]1OC. The highest BCUT2D eigenvalue weighted by atomic mass is 31.3. The second-order valence-electron chi connectivity index (χ2n) is 18.4. The van der Waals surface area contributed by atoms with Crippen molar-refractivity contribution in [1.29, 1.82) is 0 Å². The second kappa shape index (κ2) is 22.3. The number of anilines is 3. The summed E-state index contributed by atoms with van der Waals surface area (Å²) in [5.74, 6) is -2.17. The summed E-state index contributed by atoms with van der Waals surface area (Å²) in [6.45, 7) is -3.32. The molecule has 5 unspecified atom stereocenters. The fourth-order valence-electron chi connectivity index (χ4n) is 9.38. The van der Waals surface area contributed by atoms with Crippen molar-refractivity contribution < 1.29 is 104 Å². The molecule has 438 valence electrons. The maximum atomic E-state index is 14.5. The third-order valence-electron chi connectivity index (χ3n) is 13.0. The summed E-state index contributed by atoms with van der Waals surface area (Å²) in [6.07, 6.45) is -12.0. The number of imidazole rings is 3. The van der Waals surface area contributed by atoms with Crippen LogP contribution in [0, 0.1) is 5.92 Å². The summed E-state index contributed by atoms with van der Waals surface area (Å²) in [5.41, 5.74) is 7.91. The van der Waals surface area contributed by atoms with Crippen molar-refractivity contribution in [3.05, 3.63) is 46.0 Å². The molecule has 16 atom stereocenters. The number of phosphoric acid groups is 3. The number of aromatic amines is 2. The summed E-state index contributed by atoms with van der Waals surface area (Å²) >= 11 is 0. The van der Waals surface area contributed by atoms with Crippen molar-refractivity contribution >= 4 is 88.2 Å². The molecule has 0 aromatic carbocycles. The number of nitrogens with zero attached hydrogens (tertiary/aromatic N) is 11. The molecule has 43 heteroatoms. The van der Waals surface area contributed by atoms with E-state index < -0.39 is 147 Å². The maximum Gasteiger partial charge on any atom is 0.490 e. The van der Waals surface area contributed by atoms with Gasteiger partial charge in [-0.2, -0.15) is 13.6 Å². The Balaban J connectivity index is 0.903. The standard InChI is InChI=1S/C37H52N16O23P4/c1-40-27-19-28(42-10-41-27)51(11-43-19)35-25(68-5)26(77(60,61)69-8-16-23(56)24(57)34(73-16)52-12-44-20-29(52)45-36(38)47-31(20)58)17(74-35)9-71-79(64,65)76-80(66,67)75-78(62,63)70-7-15-14(6-18(54)49(2)3)22(55)33(72-15)53-13-50(4)21-30(53)46-37(39)48-32(21)59/h10-17,22-26,33-35,55-57H,6-9H2,1-5H3,(H10-,38,39,40,41,42,45,46,47,48,58,59,60,61,62,63,64,65,66,67)/p+1/t14-,15-,16-,17-,22-,23-,24-,25-,26-,33?,34-,35-/m1/s1. The number of aryl methyl sites for hydroxylation is 1. The normalized spacial score (nSPS) is 29.2. The summed E-state index contributed by atoms with van der Waals surface area (Å²) in [7, 11) is -16.5. The number of nitrogens with two attached hydrogens (primary N) is 2. The number of rotatable bonds is 21. The van der Waals surface area contributed by atoms with Crippen LogP contribution in [-0.4, -0.2) is 196 Å². The number of carbonyl (C=O) groups is 1. The zero-order chi connectivity index (χ0) is 58.1. The van der Waals surface area contributed by atoms with E-state index in [1.165, 1.54) is 59.4 Å². The van der Waals surface area contributed by atoms with Gasteiger partial charge in [-0.15, -0.1) is 0 Å². The molecule has 9 rings (SSSR count). The molecule has 39 nitrogen and oxygen atoms in total. The number of aliphatic hydroxyl groups excluding tert-OH is 3. The molecule has 0 radical (unpaired) electrons. The molecule has 9 heterocycles. The monoisotopic (exact) mass is 1210 g/mol. The zero-order valence-electron chi connectivity index (χ0n) is 42.1. The molecule has 3 aliphatic rings. The van der Waals surface area contributed by atoms with Gasteiger partial charge < -0.3 is 80.0 Å². The highest BCUT2D eigenvalue weighted by molar-refractivity contribution is 7.66. The average molecular weight is 1210 g/mol. The van der Waals surface area contributed by atoms with E-state index in [1.807, 2.05) is 0 Å². The zero-order valence-corrected chi connectivity index (χ0v) is 45.7. The second-order valence-corrected chi connectivity index (χ2v) is 25.0. The Kier molecular flexibility index (Phi) is 16.4. The number of fused-ring (bicyclic) bond motifs is 3. The molecule has 3 fully saturated rings. The van der Waals surface area contributed by atoms with Gasteiger partial charge in [-0.1, -0.05) is 4.98 Å². The first-order valence-electron chi connectivity index (χ1n) is 23.3. The van der Waals surface area contributed by atoms with E-state index in [-0.39, 0.29) is 51.2 Å². The minimum atomic E-state index is -6.25. The predicted octanol–water partition coefficient (Wildman–Crippen LogP) is -3.45. The van der Waals surface area contributed by atoms with Crippen LogP contribution in [0.3, 0.4) is 0 Å². The number of aromatic nitrogens is 12. The number of phosphoric ester groups is 2. The summed E-state index contributed by atoms with van der Waals surface area (Å²) in [5, 5.41) is 36.4. The van der Waals surface area contributed by atoms with Crippen LogP contribution < -0.4 is 32.5 Å². The van der Waals surface area contributed by atoms with E-state index in [0.29, 0.717) is 0 Å². The molecule has 0 aliphatic carbocycles. The van der Waals surface area contributed by atoms with Crippen molar-refractivity contribution in [2.24, 2.45) is 13.0 Å². The predicted molar refractivity (Wildman–Crippen MR) is 264 cm³/mol. The Labute approximate surface area is 446 Å². The number of nitrogen functional groups attached to an aromatic ring is 2. The molecule has 80 heavy (non-hydrogen) atoms. The van der Waals surface area contributed by atoms with Crippen LogP contribution in [0.2, 0.25) is 0 Å². The highest BCUT2D eigenvalue weighted by Gasteiger charge is 2.58. The molecule has 3 saturated heterocycles. The largest absolute Gasteiger partial charge is 0.490 e. The van der Waals surface area contributed by atoms with Crippen molar-refractivity contribution in [2.45, 2.75) is 73.5 Å². The summed E-state index contributed by atoms with van der Waals surface area (Å²) < 4.78 is 107. The maximum absolute atomic E-state index is 14.5. The van der Waals surface area contributed by atoms with Crippen LogP contribution in [0.4, 0.5) is 17.7 Å². The quantitative estimate of drug-likeness (QED) is 0.0246. The van der Waals surface area contributed by atoms with Gasteiger partial charge in [0.15, 0.2) is 41.4 Å². The van der Waals surface area contributed by atoms with Gasteiger partial charge in [0.2, 0.25) is 23.6 Å². The van der Waals surface area contributed by atoms with E-state index in [0.717, 1.165) is 24.3 Å². The molecule has 0 bridgehead atoms. The number of nitrogens with one attached hydrogen (secondary N) is 3. The summed E-state index contributed by atoms with van der Waals surface area (Å²) in [4.78, 5) is 112. The van der Waals surface area contributed by atoms with Crippen molar-refractivity contribution in [3.8, 4) is 0 Å². The Morgan fingerprint density at radius 2 is 1.38 bits per heavy atom. The molecular weight excluding hydrogens is 1160 g/mol. The number of methoxy groups -OCH3 is 1. The molecule has 6 aromatic heterocycles. The van der Waals surface area contributed by atoms with E-state index in [2.05, 4.69) is 53.8 Å². The Hall–Kier alpha value is -5.60. The van der Waals surface area contributed by atoms with E-state index in [4.69, 9.17) is 44.0 Å². The van der Waals surface area contributed by atoms with Gasteiger partial charge in [-0.3, -0.25) is 51.7 Å². The Bertz CT molecular complexity index is 3650. The first kappa shape index (κ1) is 59.0. The van der Waals surface area contributed by atoms with Crippen LogP contribution in [0.1, 0.15) is 25.1 Å². The molecule has 14 N–H and O–H groups in total. The number of aliphatic hydroxyl groups is 3. The van der Waals surface area contributed by atoms with Gasteiger partial charge in [0, 0.05) is 40.6 Å². The van der Waals surface area contributed by atoms with Gasteiger partial charge in [-0.25, -0.2) is 38.2 Å². The fourth-order valence-corrected chi connectivity index (χ4v) is 14.6. The van der Waals surface area contributed by atoms with Crippen molar-refractivity contribution in [2.75, 3.05) is 64.9 Å². The third-order valence-corrected chi connectivity index (χ3v) is 19.2. The number of hydrogen-bond acceptors (Lipinski definition) is 28. The molecule has 0 spiro atoms. The lowest BCUT2D eigenvalue weighted by Crippen LogP contribution is -2.45. The molecule has 3 aliphatic heterocycles. The first-order valence-corrected chi connectivity index (χ1v) is 29.4. The summed E-state index contributed by atoms with van der Waals surface area (Å²) in [6, 6.07) is 0. The average Bonchev–Trinajstić information content (AvgIpc) is 4.33. The Morgan fingerprint density at radius 1 is 0.775 bits per heavy atom. The molecule has 1 amide bonds. The van der Waals surface area contributed by atoms with Crippen molar-refractivity contribution in [1.82, 2.24) is 58.5 Å². The third kappa shape index (κ3) is 11.6.